The van der Waals surface area contributed by atoms with Gasteiger partial charge >= 0.3 is 11.9 Å². The number of rotatable bonds is 8. The third-order valence-corrected chi connectivity index (χ3v) is 7.22. The molecule has 160 valence electrons. The smallest absolute Gasteiger partial charge is 0.345 e. The lowest BCUT2D eigenvalue weighted by Crippen LogP contribution is -2.57. The number of carbonyl (C=O) groups is 2. The van der Waals surface area contributed by atoms with Crippen LogP contribution in [0.2, 0.25) is 0 Å². The summed E-state index contributed by atoms with van der Waals surface area (Å²) in [5, 5.41) is 22.7. The molecule has 0 saturated carbocycles. The van der Waals surface area contributed by atoms with Crippen molar-refractivity contribution in [1.29, 1.82) is 0 Å². The minimum absolute atomic E-state index is 0.170. The number of hydrogen-bond donors (Lipinski definition) is 3. The monoisotopic (exact) mass is 430 g/mol. The molecular weight excluding hydrogens is 404 g/mol. The van der Waals surface area contributed by atoms with E-state index in [-0.39, 0.29) is 17.5 Å². The van der Waals surface area contributed by atoms with E-state index < -0.39 is 24.1 Å². The molecule has 1 aromatic heterocycles. The number of aromatic carboxylic acids is 1. The SMILES string of the molecule is O=C(O)c1ccc(CNC(CO)(C(=O)O[C@H]2CN3CCC2CC3)c2ccccc2)s1. The molecule has 0 aliphatic carbocycles. The first-order valence-electron chi connectivity index (χ1n) is 10.2. The van der Waals surface area contributed by atoms with Gasteiger partial charge in [-0.2, -0.15) is 0 Å². The Morgan fingerprint density at radius 3 is 2.47 bits per heavy atom. The van der Waals surface area contributed by atoms with Crippen LogP contribution in [0.15, 0.2) is 42.5 Å². The van der Waals surface area contributed by atoms with Crippen LogP contribution >= 0.6 is 11.3 Å². The molecule has 4 heterocycles. The minimum atomic E-state index is -1.42. The third-order valence-electron chi connectivity index (χ3n) is 6.14. The van der Waals surface area contributed by atoms with Crippen molar-refractivity contribution in [3.05, 3.63) is 57.8 Å². The number of fused-ring (bicyclic) bond motifs is 3. The Hall–Kier alpha value is -2.26. The highest BCUT2D eigenvalue weighted by Gasteiger charge is 2.45. The van der Waals surface area contributed by atoms with Crippen molar-refractivity contribution in [3.63, 3.8) is 0 Å². The van der Waals surface area contributed by atoms with Crippen LogP contribution in [0.4, 0.5) is 0 Å². The Morgan fingerprint density at radius 2 is 1.90 bits per heavy atom. The lowest BCUT2D eigenvalue weighted by Gasteiger charge is -2.45. The number of benzene rings is 1. The molecule has 3 N–H and O–H groups in total. The highest BCUT2D eigenvalue weighted by atomic mass is 32.1. The number of hydrogen-bond acceptors (Lipinski definition) is 7. The summed E-state index contributed by atoms with van der Waals surface area (Å²) in [6, 6.07) is 12.3. The zero-order chi connectivity index (χ0) is 21.1. The average molecular weight is 431 g/mol. The molecular formula is C22H26N2O5S. The van der Waals surface area contributed by atoms with E-state index in [4.69, 9.17) is 9.84 Å². The standard InChI is InChI=1S/C22H26N2O5S/c25-14-22(16-4-2-1-3-5-16,23-12-17-6-7-19(30-17)20(26)27)21(28)29-18-13-24-10-8-15(18)9-11-24/h1-7,15,18,23,25H,8-14H2,(H,26,27)/t18-,22?/m0/s1. The molecule has 0 spiro atoms. The molecule has 2 bridgehead atoms. The van der Waals surface area contributed by atoms with Crippen LogP contribution in [0.25, 0.3) is 0 Å². The molecule has 0 amide bonds. The van der Waals surface area contributed by atoms with Crippen LogP contribution in [-0.2, 0) is 21.6 Å². The maximum atomic E-state index is 13.4. The Labute approximate surface area is 179 Å². The average Bonchev–Trinajstić information content (AvgIpc) is 3.26. The summed E-state index contributed by atoms with van der Waals surface area (Å²) in [6.07, 6.45) is 1.88. The summed E-state index contributed by atoms with van der Waals surface area (Å²) in [5.41, 5.74) is -0.797. The first-order valence-corrected chi connectivity index (χ1v) is 11.0. The molecule has 1 aromatic carbocycles. The summed E-state index contributed by atoms with van der Waals surface area (Å²) in [7, 11) is 0. The zero-order valence-electron chi connectivity index (χ0n) is 16.6. The van der Waals surface area contributed by atoms with Gasteiger partial charge < -0.3 is 14.9 Å². The fourth-order valence-electron chi connectivity index (χ4n) is 4.33. The zero-order valence-corrected chi connectivity index (χ0v) is 17.4. The second-order valence-electron chi connectivity index (χ2n) is 7.94. The van der Waals surface area contributed by atoms with Crippen LogP contribution in [-0.4, -0.2) is 59.4 Å². The molecule has 3 saturated heterocycles. The number of esters is 1. The lowest BCUT2D eigenvalue weighted by molar-refractivity contribution is -0.169. The molecule has 2 atom stereocenters. The Morgan fingerprint density at radius 1 is 1.17 bits per heavy atom. The van der Waals surface area contributed by atoms with Crippen molar-refractivity contribution >= 4 is 23.3 Å². The van der Waals surface area contributed by atoms with Crippen LogP contribution in [0.5, 0.6) is 0 Å². The van der Waals surface area contributed by atoms with Gasteiger partial charge in [0.15, 0.2) is 5.54 Å². The van der Waals surface area contributed by atoms with E-state index in [1.54, 1.807) is 24.3 Å². The van der Waals surface area contributed by atoms with Crippen LogP contribution in [0.3, 0.4) is 0 Å². The second-order valence-corrected chi connectivity index (χ2v) is 9.10. The van der Waals surface area contributed by atoms with E-state index in [0.717, 1.165) is 48.7 Å². The van der Waals surface area contributed by atoms with E-state index >= 15 is 0 Å². The summed E-state index contributed by atoms with van der Waals surface area (Å²) in [5.74, 6) is -1.11. The summed E-state index contributed by atoms with van der Waals surface area (Å²) in [4.78, 5) is 27.9. The fraction of sp³-hybridized carbons (Fsp3) is 0.455. The quantitative estimate of drug-likeness (QED) is 0.552. The molecule has 1 unspecified atom stereocenters. The number of aliphatic hydroxyl groups excluding tert-OH is 1. The number of carbonyl (C=O) groups excluding carboxylic acids is 1. The number of carboxylic acids is 1. The molecule has 7 nitrogen and oxygen atoms in total. The maximum Gasteiger partial charge on any atom is 0.345 e. The van der Waals surface area contributed by atoms with Gasteiger partial charge in [0.05, 0.1) is 6.61 Å². The van der Waals surface area contributed by atoms with Gasteiger partial charge in [-0.15, -0.1) is 11.3 Å². The Balaban J connectivity index is 1.56. The van der Waals surface area contributed by atoms with Gasteiger partial charge in [-0.25, -0.2) is 9.59 Å². The molecule has 8 heteroatoms. The van der Waals surface area contributed by atoms with Crippen molar-refractivity contribution < 1.29 is 24.5 Å². The van der Waals surface area contributed by atoms with E-state index in [2.05, 4.69) is 10.2 Å². The Kier molecular flexibility index (Phi) is 6.19. The maximum absolute atomic E-state index is 13.4. The van der Waals surface area contributed by atoms with Crippen molar-refractivity contribution in [1.82, 2.24) is 10.2 Å². The van der Waals surface area contributed by atoms with Gasteiger partial charge in [0, 0.05) is 18.0 Å². The predicted octanol–water partition coefficient (Wildman–Crippen LogP) is 2.06. The topological polar surface area (TPSA) is 99.1 Å². The van der Waals surface area contributed by atoms with Gasteiger partial charge in [-0.05, 0) is 49.5 Å². The highest BCUT2D eigenvalue weighted by molar-refractivity contribution is 7.13. The number of ether oxygens (including phenoxy) is 1. The number of carboxylic acid groups (broad SMARTS) is 1. The van der Waals surface area contributed by atoms with Crippen LogP contribution in [0.1, 0.15) is 33.0 Å². The third kappa shape index (κ3) is 4.13. The lowest BCUT2D eigenvalue weighted by atomic mass is 9.85. The first-order chi connectivity index (χ1) is 14.5. The second kappa shape index (κ2) is 8.85. The molecule has 30 heavy (non-hydrogen) atoms. The van der Waals surface area contributed by atoms with Gasteiger partial charge in [0.1, 0.15) is 11.0 Å². The number of nitrogens with zero attached hydrogens (tertiary/aromatic N) is 1. The normalized spacial score (nSPS) is 24.9. The van der Waals surface area contributed by atoms with Crippen molar-refractivity contribution in [3.8, 4) is 0 Å². The van der Waals surface area contributed by atoms with E-state index in [0.29, 0.717) is 11.5 Å². The summed E-state index contributed by atoms with van der Waals surface area (Å²) in [6.45, 7) is 2.60. The van der Waals surface area contributed by atoms with Gasteiger partial charge in [0.2, 0.25) is 0 Å². The Bertz CT molecular complexity index is 894. The molecule has 0 radical (unpaired) electrons. The molecule has 2 aromatic rings. The number of nitrogens with one attached hydrogen (secondary N) is 1. The van der Waals surface area contributed by atoms with E-state index in [9.17, 15) is 14.7 Å². The molecule has 3 aliphatic heterocycles. The van der Waals surface area contributed by atoms with E-state index in [1.807, 2.05) is 18.2 Å². The first kappa shape index (κ1) is 21.0. The van der Waals surface area contributed by atoms with Crippen LogP contribution in [0, 0.1) is 5.92 Å². The number of piperidine rings is 3. The van der Waals surface area contributed by atoms with Gasteiger partial charge in [-0.3, -0.25) is 10.2 Å². The summed E-state index contributed by atoms with van der Waals surface area (Å²) >= 11 is 1.14. The molecule has 5 rings (SSSR count). The predicted molar refractivity (Wildman–Crippen MR) is 112 cm³/mol. The van der Waals surface area contributed by atoms with Crippen LogP contribution < -0.4 is 5.32 Å². The largest absolute Gasteiger partial charge is 0.477 e. The van der Waals surface area contributed by atoms with Crippen molar-refractivity contribution in [2.45, 2.75) is 31.0 Å². The molecule has 3 fully saturated rings. The number of aliphatic hydroxyl groups is 1. The fourth-order valence-corrected chi connectivity index (χ4v) is 5.12. The van der Waals surface area contributed by atoms with Gasteiger partial charge in [-0.1, -0.05) is 30.3 Å². The number of thiophene rings is 1. The van der Waals surface area contributed by atoms with Gasteiger partial charge in [0.25, 0.3) is 0 Å². The van der Waals surface area contributed by atoms with Crippen molar-refractivity contribution in [2.75, 3.05) is 26.2 Å². The molecule has 3 aliphatic rings. The summed E-state index contributed by atoms with van der Waals surface area (Å²) < 4.78 is 5.97. The minimum Gasteiger partial charge on any atom is -0.477 e. The van der Waals surface area contributed by atoms with E-state index in [1.165, 1.54) is 0 Å². The highest BCUT2D eigenvalue weighted by Crippen LogP contribution is 2.32. The van der Waals surface area contributed by atoms with Crippen molar-refractivity contribution in [2.24, 2.45) is 5.92 Å².